The van der Waals surface area contributed by atoms with Gasteiger partial charge in [0.25, 0.3) is 0 Å². The molecule has 2 heteroatoms. The third kappa shape index (κ3) is 9.89. The summed E-state index contributed by atoms with van der Waals surface area (Å²) in [5, 5.41) is 0. The van der Waals surface area contributed by atoms with Crippen molar-refractivity contribution in [1.82, 2.24) is 5.73 Å². The average molecular weight is 173 g/mol. The molecule has 0 aromatic rings. The van der Waals surface area contributed by atoms with Crippen LogP contribution < -0.4 is 5.73 Å². The van der Waals surface area contributed by atoms with Crippen LogP contribution in [0.1, 0.15) is 58.3 Å². The van der Waals surface area contributed by atoms with E-state index < -0.39 is 6.30 Å². The van der Waals surface area contributed by atoms with Crippen molar-refractivity contribution in [3.63, 3.8) is 0 Å². The molecule has 0 aliphatic rings. The van der Waals surface area contributed by atoms with Gasteiger partial charge in [0, 0.05) is 0 Å². The van der Waals surface area contributed by atoms with Crippen LogP contribution in [-0.4, -0.2) is 6.30 Å². The van der Waals surface area contributed by atoms with Crippen LogP contribution in [0.25, 0.3) is 0 Å². The Morgan fingerprint density at radius 1 is 1.00 bits per heavy atom. The first-order chi connectivity index (χ1) is 5.77. The van der Waals surface area contributed by atoms with E-state index in [-0.39, 0.29) is 0 Å². The van der Waals surface area contributed by atoms with Gasteiger partial charge < -0.3 is 0 Å². The molecule has 0 fully saturated rings. The minimum atomic E-state index is -1.60. The van der Waals surface area contributed by atoms with Crippen LogP contribution in [0.4, 0.5) is 4.39 Å². The quantitative estimate of drug-likeness (QED) is 0.396. The summed E-state index contributed by atoms with van der Waals surface area (Å²) in [6, 6.07) is 0. The van der Waals surface area contributed by atoms with Gasteiger partial charge in [0.1, 0.15) is 0 Å². The summed E-state index contributed by atoms with van der Waals surface area (Å²) in [6.45, 7) is 2.19. The molecule has 2 radical (unpaired) electrons. The van der Waals surface area contributed by atoms with Crippen molar-refractivity contribution in [1.29, 1.82) is 0 Å². The van der Waals surface area contributed by atoms with Crippen molar-refractivity contribution in [2.45, 2.75) is 64.6 Å². The molecule has 0 aromatic heterocycles. The molecule has 0 amide bonds. The Morgan fingerprint density at radius 3 is 2.00 bits per heavy atom. The van der Waals surface area contributed by atoms with Gasteiger partial charge in [-0.3, -0.25) is 0 Å². The summed E-state index contributed by atoms with van der Waals surface area (Å²) < 4.78 is 11.9. The Labute approximate surface area is 75.5 Å². The molecule has 0 spiro atoms. The molecule has 1 unspecified atom stereocenters. The van der Waals surface area contributed by atoms with Gasteiger partial charge in [-0.25, -0.2) is 4.39 Å². The molecule has 12 heavy (non-hydrogen) atoms. The number of hydrogen-bond acceptors (Lipinski definition) is 0. The Balaban J connectivity index is 2.82. The number of unbranched alkanes of at least 4 members (excludes halogenated alkanes) is 6. The maximum absolute atomic E-state index is 11.9. The van der Waals surface area contributed by atoms with E-state index >= 15 is 0 Å². The van der Waals surface area contributed by atoms with E-state index in [1.54, 1.807) is 0 Å². The van der Waals surface area contributed by atoms with E-state index in [4.69, 9.17) is 5.73 Å². The summed E-state index contributed by atoms with van der Waals surface area (Å²) in [5.74, 6) is 0. The van der Waals surface area contributed by atoms with E-state index in [0.29, 0.717) is 6.42 Å². The molecule has 0 aromatic carbocycles. The summed E-state index contributed by atoms with van der Waals surface area (Å²) in [7, 11) is 0. The topological polar surface area (TPSA) is 22.3 Å². The monoisotopic (exact) mass is 173 g/mol. The maximum atomic E-state index is 11.9. The normalized spacial score (nSPS) is 13.2. The molecule has 1 atom stereocenters. The molecule has 0 aliphatic carbocycles. The number of hydrogen-bond donors (Lipinski definition) is 0. The van der Waals surface area contributed by atoms with Gasteiger partial charge >= 0.3 is 0 Å². The fourth-order valence-electron chi connectivity index (χ4n) is 1.27. The summed E-state index contributed by atoms with van der Waals surface area (Å²) in [5.41, 5.74) is 8.33. The Bertz CT molecular complexity index is 83.9. The van der Waals surface area contributed by atoms with Crippen molar-refractivity contribution < 1.29 is 4.39 Å². The average Bonchev–Trinajstić information content (AvgIpc) is 2.02. The van der Waals surface area contributed by atoms with E-state index in [0.717, 1.165) is 12.8 Å². The first-order valence-electron chi connectivity index (χ1n) is 5.09. The van der Waals surface area contributed by atoms with Gasteiger partial charge in [-0.2, -0.15) is 0 Å². The highest BCUT2D eigenvalue weighted by Gasteiger charge is 1.98. The lowest BCUT2D eigenvalue weighted by Gasteiger charge is -2.00. The Morgan fingerprint density at radius 2 is 1.50 bits per heavy atom. The van der Waals surface area contributed by atoms with E-state index in [9.17, 15) is 4.39 Å². The largest absolute Gasteiger partial charge is 0.227 e. The highest BCUT2D eigenvalue weighted by Crippen LogP contribution is 2.09. The minimum absolute atomic E-state index is 0.313. The van der Waals surface area contributed by atoms with Gasteiger partial charge in [-0.1, -0.05) is 45.4 Å². The fraction of sp³-hybridized carbons (Fsp3) is 1.00. The number of nitrogens with zero attached hydrogens (tertiary/aromatic N) is 1. The van der Waals surface area contributed by atoms with Crippen LogP contribution in [0.3, 0.4) is 0 Å². The van der Waals surface area contributed by atoms with Gasteiger partial charge in [-0.05, 0) is 12.8 Å². The molecule has 72 valence electrons. The summed E-state index contributed by atoms with van der Waals surface area (Å²) in [6.07, 6.45) is 6.93. The van der Waals surface area contributed by atoms with Gasteiger partial charge in [0.15, 0.2) is 6.30 Å². The SMILES string of the molecule is CCCCCCCCCC([N])F. The van der Waals surface area contributed by atoms with Gasteiger partial charge in [0.05, 0.1) is 0 Å². The highest BCUT2D eigenvalue weighted by atomic mass is 19.1. The standard InChI is InChI=1S/C10H20FN/c1-2-3-4-5-6-7-8-9-10(11)12/h10H,2-9H2,1H3. The second-order valence-electron chi connectivity index (χ2n) is 3.34. The Hall–Kier alpha value is -0.110. The van der Waals surface area contributed by atoms with Crippen LogP contribution in [0.15, 0.2) is 0 Å². The molecule has 1 nitrogen and oxygen atoms in total. The fourth-order valence-corrected chi connectivity index (χ4v) is 1.27. The smallest absolute Gasteiger partial charge is 0.183 e. The molecule has 0 saturated carbocycles. The van der Waals surface area contributed by atoms with Crippen LogP contribution in [-0.2, 0) is 0 Å². The van der Waals surface area contributed by atoms with Crippen molar-refractivity contribution >= 4 is 0 Å². The zero-order valence-corrected chi connectivity index (χ0v) is 8.06. The highest BCUT2D eigenvalue weighted by molar-refractivity contribution is 4.48. The van der Waals surface area contributed by atoms with Crippen LogP contribution >= 0.6 is 0 Å². The van der Waals surface area contributed by atoms with Crippen molar-refractivity contribution in [2.24, 2.45) is 0 Å². The molecule has 0 rings (SSSR count). The first kappa shape index (κ1) is 11.9. The zero-order valence-electron chi connectivity index (χ0n) is 8.06. The van der Waals surface area contributed by atoms with E-state index in [1.165, 1.54) is 32.1 Å². The number of rotatable bonds is 8. The molecule has 0 saturated heterocycles. The lowest BCUT2D eigenvalue weighted by Crippen LogP contribution is -1.98. The Kier molecular flexibility index (Phi) is 8.90. The third-order valence-corrected chi connectivity index (χ3v) is 2.05. The van der Waals surface area contributed by atoms with E-state index in [1.807, 2.05) is 0 Å². The molecule has 0 aliphatic heterocycles. The van der Waals surface area contributed by atoms with Crippen LogP contribution in [0, 0.1) is 0 Å². The van der Waals surface area contributed by atoms with Crippen molar-refractivity contribution in [2.75, 3.05) is 0 Å². The van der Waals surface area contributed by atoms with E-state index in [2.05, 4.69) is 6.92 Å². The second-order valence-corrected chi connectivity index (χ2v) is 3.34. The second kappa shape index (κ2) is 8.98. The van der Waals surface area contributed by atoms with Crippen molar-refractivity contribution in [3.8, 4) is 0 Å². The van der Waals surface area contributed by atoms with Gasteiger partial charge in [0.2, 0.25) is 0 Å². The van der Waals surface area contributed by atoms with Crippen LogP contribution in [0.2, 0.25) is 0 Å². The third-order valence-electron chi connectivity index (χ3n) is 2.05. The first-order valence-corrected chi connectivity index (χ1v) is 5.09. The zero-order chi connectivity index (χ0) is 9.23. The molecular weight excluding hydrogens is 153 g/mol. The molecular formula is C10H20FN. The predicted molar refractivity (Wildman–Crippen MR) is 49.6 cm³/mol. The summed E-state index contributed by atoms with van der Waals surface area (Å²) >= 11 is 0. The number of halogens is 1. The molecule has 0 bridgehead atoms. The number of alkyl halides is 1. The predicted octanol–water partition coefficient (Wildman–Crippen LogP) is 3.49. The minimum Gasteiger partial charge on any atom is -0.227 e. The molecule has 0 heterocycles. The van der Waals surface area contributed by atoms with Crippen LogP contribution in [0.5, 0.6) is 0 Å². The maximum Gasteiger partial charge on any atom is 0.183 e. The van der Waals surface area contributed by atoms with Crippen molar-refractivity contribution in [3.05, 3.63) is 0 Å². The van der Waals surface area contributed by atoms with Gasteiger partial charge in [-0.15, -0.1) is 5.73 Å². The lowest BCUT2D eigenvalue weighted by molar-refractivity contribution is 0.303. The lowest BCUT2D eigenvalue weighted by atomic mass is 10.1. The summed E-state index contributed by atoms with van der Waals surface area (Å²) in [4.78, 5) is 0. The molecule has 0 N–H and O–H groups in total.